The summed E-state index contributed by atoms with van der Waals surface area (Å²) in [6, 6.07) is 5.44. The third kappa shape index (κ3) is 4.64. The van der Waals surface area contributed by atoms with Crippen molar-refractivity contribution in [1.29, 1.82) is 0 Å². The Hall–Kier alpha value is -1.73. The van der Waals surface area contributed by atoms with Crippen molar-refractivity contribution in [2.75, 3.05) is 19.8 Å². The predicted octanol–water partition coefficient (Wildman–Crippen LogP) is 2.21. The maximum absolute atomic E-state index is 12.2. The van der Waals surface area contributed by atoms with Crippen LogP contribution in [-0.4, -0.2) is 44.5 Å². The summed E-state index contributed by atoms with van der Waals surface area (Å²) in [4.78, 5) is 12.2. The number of alkyl halides is 2. The maximum atomic E-state index is 12.2. The molecule has 0 bridgehead atoms. The number of carbonyl (C=O) groups is 1. The molecule has 122 valence electrons. The van der Waals surface area contributed by atoms with Gasteiger partial charge in [0.2, 0.25) is 0 Å². The zero-order valence-corrected chi connectivity index (χ0v) is 12.3. The Bertz CT molecular complexity index is 479. The molecule has 1 aliphatic heterocycles. The maximum Gasteiger partial charge on any atom is 0.387 e. The quantitative estimate of drug-likeness (QED) is 0.874. The Morgan fingerprint density at radius 3 is 2.77 bits per heavy atom. The minimum Gasteiger partial charge on any atom is -0.435 e. The predicted molar refractivity (Wildman–Crippen MR) is 75.2 cm³/mol. The smallest absolute Gasteiger partial charge is 0.387 e. The highest BCUT2D eigenvalue weighted by molar-refractivity contribution is 5.94. The van der Waals surface area contributed by atoms with Gasteiger partial charge in [-0.1, -0.05) is 0 Å². The molecule has 0 spiro atoms. The van der Waals surface area contributed by atoms with Crippen molar-refractivity contribution in [3.63, 3.8) is 0 Å². The summed E-state index contributed by atoms with van der Waals surface area (Å²) < 4.78 is 39.3. The van der Waals surface area contributed by atoms with E-state index in [9.17, 15) is 13.6 Å². The van der Waals surface area contributed by atoms with Crippen LogP contribution in [0, 0.1) is 0 Å². The molecule has 0 aromatic heterocycles. The lowest BCUT2D eigenvalue weighted by Gasteiger charge is -2.31. The van der Waals surface area contributed by atoms with Gasteiger partial charge in [-0.2, -0.15) is 8.78 Å². The Morgan fingerprint density at radius 1 is 1.41 bits per heavy atom. The third-order valence-corrected chi connectivity index (χ3v) is 3.34. The number of hydrogen-bond donors (Lipinski definition) is 1. The number of amides is 1. The second-order valence-electron chi connectivity index (χ2n) is 4.84. The average molecular weight is 315 g/mol. The van der Waals surface area contributed by atoms with Crippen LogP contribution in [-0.2, 0) is 9.47 Å². The van der Waals surface area contributed by atoms with Gasteiger partial charge in [-0.25, -0.2) is 0 Å². The summed E-state index contributed by atoms with van der Waals surface area (Å²) in [5, 5.41) is 2.90. The molecule has 22 heavy (non-hydrogen) atoms. The average Bonchev–Trinajstić information content (AvgIpc) is 2.49. The van der Waals surface area contributed by atoms with E-state index in [1.54, 1.807) is 0 Å². The van der Waals surface area contributed by atoms with E-state index in [1.165, 1.54) is 24.3 Å². The van der Waals surface area contributed by atoms with Crippen LogP contribution in [0.5, 0.6) is 5.75 Å². The van der Waals surface area contributed by atoms with Gasteiger partial charge in [-0.3, -0.25) is 4.79 Å². The van der Waals surface area contributed by atoms with Crippen LogP contribution in [0.3, 0.4) is 0 Å². The second-order valence-corrected chi connectivity index (χ2v) is 4.84. The first-order valence-electron chi connectivity index (χ1n) is 7.15. The molecule has 1 aliphatic rings. The summed E-state index contributed by atoms with van der Waals surface area (Å²) >= 11 is 0. The van der Waals surface area contributed by atoms with Crippen LogP contribution in [0.1, 0.15) is 23.7 Å². The van der Waals surface area contributed by atoms with E-state index in [0.29, 0.717) is 31.8 Å². The minimum absolute atomic E-state index is 0.0183. The molecule has 1 amide bonds. The van der Waals surface area contributed by atoms with Crippen LogP contribution >= 0.6 is 0 Å². The first-order chi connectivity index (χ1) is 10.6. The first kappa shape index (κ1) is 16.6. The SMILES string of the molecule is CCO[C@@H]1COCC[C@H]1NC(=O)c1ccc(OC(F)F)cc1. The van der Waals surface area contributed by atoms with E-state index in [-0.39, 0.29) is 23.8 Å². The number of benzene rings is 1. The molecule has 5 nitrogen and oxygen atoms in total. The molecule has 1 heterocycles. The van der Waals surface area contributed by atoms with Gasteiger partial charge < -0.3 is 19.5 Å². The van der Waals surface area contributed by atoms with Gasteiger partial charge in [-0.05, 0) is 37.6 Å². The van der Waals surface area contributed by atoms with Crippen LogP contribution in [0.2, 0.25) is 0 Å². The molecule has 0 radical (unpaired) electrons. The van der Waals surface area contributed by atoms with Gasteiger partial charge in [0.05, 0.1) is 12.6 Å². The number of hydrogen-bond acceptors (Lipinski definition) is 4. The van der Waals surface area contributed by atoms with Crippen molar-refractivity contribution in [2.45, 2.75) is 32.1 Å². The molecule has 1 aromatic carbocycles. The third-order valence-electron chi connectivity index (χ3n) is 3.34. The number of carbonyl (C=O) groups excluding carboxylic acids is 1. The van der Waals surface area contributed by atoms with E-state index >= 15 is 0 Å². The van der Waals surface area contributed by atoms with Crippen molar-refractivity contribution < 1.29 is 27.8 Å². The Kier molecular flexibility index (Phi) is 6.09. The highest BCUT2D eigenvalue weighted by Gasteiger charge is 2.27. The van der Waals surface area contributed by atoms with Crippen molar-refractivity contribution in [2.24, 2.45) is 0 Å². The topological polar surface area (TPSA) is 56.8 Å². The fraction of sp³-hybridized carbons (Fsp3) is 0.533. The zero-order chi connectivity index (χ0) is 15.9. The fourth-order valence-electron chi connectivity index (χ4n) is 2.29. The summed E-state index contributed by atoms with van der Waals surface area (Å²) in [7, 11) is 0. The molecule has 1 aromatic rings. The van der Waals surface area contributed by atoms with Crippen molar-refractivity contribution in [1.82, 2.24) is 5.32 Å². The standard InChI is InChI=1S/C15H19F2NO4/c1-2-21-13-9-20-8-7-12(13)18-14(19)10-3-5-11(6-4-10)22-15(16)17/h3-6,12-13,15H,2,7-9H2,1H3,(H,18,19)/t12-,13-/m1/s1. The highest BCUT2D eigenvalue weighted by Crippen LogP contribution is 2.16. The minimum atomic E-state index is -2.88. The monoisotopic (exact) mass is 315 g/mol. The Labute approximate surface area is 127 Å². The highest BCUT2D eigenvalue weighted by atomic mass is 19.3. The largest absolute Gasteiger partial charge is 0.435 e. The molecular weight excluding hydrogens is 296 g/mol. The lowest BCUT2D eigenvalue weighted by Crippen LogP contribution is -2.50. The lowest BCUT2D eigenvalue weighted by molar-refractivity contribution is -0.0632. The molecule has 1 N–H and O–H groups in total. The number of halogens is 2. The summed E-state index contributed by atoms with van der Waals surface area (Å²) in [6.07, 6.45) is 0.493. The van der Waals surface area contributed by atoms with Crippen LogP contribution < -0.4 is 10.1 Å². The summed E-state index contributed by atoms with van der Waals surface area (Å²) in [5.74, 6) is -0.259. The Balaban J connectivity index is 1.95. The van der Waals surface area contributed by atoms with Gasteiger partial charge in [0.25, 0.3) is 5.91 Å². The van der Waals surface area contributed by atoms with Crippen molar-refractivity contribution in [3.05, 3.63) is 29.8 Å². The molecule has 7 heteroatoms. The van der Waals surface area contributed by atoms with Gasteiger partial charge in [0, 0.05) is 18.8 Å². The Morgan fingerprint density at radius 2 is 2.14 bits per heavy atom. The molecule has 1 fully saturated rings. The molecule has 2 atom stereocenters. The fourth-order valence-corrected chi connectivity index (χ4v) is 2.29. The van der Waals surface area contributed by atoms with Gasteiger partial charge in [0.15, 0.2) is 0 Å². The summed E-state index contributed by atoms with van der Waals surface area (Å²) in [5.41, 5.74) is 0.378. The van der Waals surface area contributed by atoms with Gasteiger partial charge >= 0.3 is 6.61 Å². The molecule has 0 saturated carbocycles. The summed E-state index contributed by atoms with van der Waals surface area (Å²) in [6.45, 7) is 0.555. The molecule has 0 aliphatic carbocycles. The van der Waals surface area contributed by atoms with Gasteiger partial charge in [0.1, 0.15) is 11.9 Å². The first-order valence-corrected chi connectivity index (χ1v) is 7.15. The van der Waals surface area contributed by atoms with E-state index in [1.807, 2.05) is 6.92 Å². The number of nitrogens with one attached hydrogen (secondary N) is 1. The lowest BCUT2D eigenvalue weighted by atomic mass is 10.1. The normalized spacial score (nSPS) is 21.6. The number of rotatable bonds is 6. The zero-order valence-electron chi connectivity index (χ0n) is 12.3. The van der Waals surface area contributed by atoms with Crippen LogP contribution in [0.4, 0.5) is 8.78 Å². The van der Waals surface area contributed by atoms with E-state index in [4.69, 9.17) is 9.47 Å². The van der Waals surface area contributed by atoms with E-state index in [0.717, 1.165) is 0 Å². The number of ether oxygens (including phenoxy) is 3. The van der Waals surface area contributed by atoms with Crippen LogP contribution in [0.25, 0.3) is 0 Å². The van der Waals surface area contributed by atoms with Crippen molar-refractivity contribution >= 4 is 5.91 Å². The second kappa shape index (κ2) is 8.05. The van der Waals surface area contributed by atoms with Crippen LogP contribution in [0.15, 0.2) is 24.3 Å². The molecule has 2 rings (SSSR count). The molecular formula is C15H19F2NO4. The molecule has 1 saturated heterocycles. The van der Waals surface area contributed by atoms with Crippen molar-refractivity contribution in [3.8, 4) is 5.75 Å². The van der Waals surface area contributed by atoms with E-state index < -0.39 is 6.61 Å². The molecule has 0 unspecified atom stereocenters. The van der Waals surface area contributed by atoms with E-state index in [2.05, 4.69) is 10.1 Å². The van der Waals surface area contributed by atoms with Gasteiger partial charge in [-0.15, -0.1) is 0 Å².